The van der Waals surface area contributed by atoms with E-state index < -0.39 is 0 Å². The van der Waals surface area contributed by atoms with Gasteiger partial charge in [0.2, 0.25) is 0 Å². The highest BCUT2D eigenvalue weighted by molar-refractivity contribution is 9.10. The molecule has 0 atom stereocenters. The molecular weight excluding hydrogens is 288 g/mol. The zero-order valence-electron chi connectivity index (χ0n) is 8.83. The molecule has 1 aliphatic rings. The SMILES string of the molecule is N#CC1(CNCCc2cc(Br)cs2)COC1. The Morgan fingerprint density at radius 2 is 2.44 bits per heavy atom. The van der Waals surface area contributed by atoms with E-state index in [1.807, 2.05) is 0 Å². The van der Waals surface area contributed by atoms with Gasteiger partial charge in [-0.1, -0.05) is 0 Å². The van der Waals surface area contributed by atoms with Crippen LogP contribution >= 0.6 is 27.3 Å². The second kappa shape index (κ2) is 5.28. The molecule has 1 aromatic rings. The summed E-state index contributed by atoms with van der Waals surface area (Å²) in [5.41, 5.74) is -0.268. The van der Waals surface area contributed by atoms with Gasteiger partial charge in [-0.2, -0.15) is 5.26 Å². The van der Waals surface area contributed by atoms with E-state index in [1.165, 1.54) is 4.88 Å². The number of thiophene rings is 1. The third-order valence-electron chi connectivity index (χ3n) is 2.63. The Morgan fingerprint density at radius 3 is 2.94 bits per heavy atom. The van der Waals surface area contributed by atoms with E-state index in [4.69, 9.17) is 10.00 Å². The summed E-state index contributed by atoms with van der Waals surface area (Å²) in [6.45, 7) is 2.79. The molecule has 0 amide bonds. The Kier molecular flexibility index (Phi) is 3.98. The molecule has 1 N–H and O–H groups in total. The summed E-state index contributed by atoms with van der Waals surface area (Å²) in [5.74, 6) is 0. The van der Waals surface area contributed by atoms with Gasteiger partial charge in [0.25, 0.3) is 0 Å². The highest BCUT2D eigenvalue weighted by Gasteiger charge is 2.38. The number of halogens is 1. The lowest BCUT2D eigenvalue weighted by atomic mass is 9.88. The van der Waals surface area contributed by atoms with Crippen molar-refractivity contribution >= 4 is 27.3 Å². The molecule has 1 aromatic heterocycles. The molecule has 1 fully saturated rings. The molecule has 5 heteroatoms. The van der Waals surface area contributed by atoms with Gasteiger partial charge in [0.1, 0.15) is 5.41 Å². The molecule has 0 saturated carbocycles. The lowest BCUT2D eigenvalue weighted by Crippen LogP contribution is -2.48. The maximum atomic E-state index is 8.98. The molecular formula is C11H13BrN2OS. The topological polar surface area (TPSA) is 45.0 Å². The molecule has 0 spiro atoms. The van der Waals surface area contributed by atoms with Crippen LogP contribution < -0.4 is 5.32 Å². The number of nitriles is 1. The third kappa shape index (κ3) is 2.83. The summed E-state index contributed by atoms with van der Waals surface area (Å²) < 4.78 is 6.23. The van der Waals surface area contributed by atoms with Gasteiger partial charge in [0.15, 0.2) is 0 Å². The molecule has 0 radical (unpaired) electrons. The summed E-state index contributed by atoms with van der Waals surface area (Å²) in [7, 11) is 0. The summed E-state index contributed by atoms with van der Waals surface area (Å²) in [5, 5.41) is 14.4. The van der Waals surface area contributed by atoms with Crippen LogP contribution in [0.3, 0.4) is 0 Å². The minimum absolute atomic E-state index is 0.268. The van der Waals surface area contributed by atoms with Gasteiger partial charge >= 0.3 is 0 Å². The van der Waals surface area contributed by atoms with Gasteiger partial charge in [-0.05, 0) is 28.4 Å². The Bertz CT molecular complexity index is 395. The zero-order valence-corrected chi connectivity index (χ0v) is 11.2. The van der Waals surface area contributed by atoms with Crippen molar-refractivity contribution < 1.29 is 4.74 Å². The molecule has 3 nitrogen and oxygen atoms in total. The summed E-state index contributed by atoms with van der Waals surface area (Å²) >= 11 is 5.19. The van der Waals surface area contributed by atoms with Crippen LogP contribution in [0.15, 0.2) is 15.9 Å². The van der Waals surface area contributed by atoms with Crippen molar-refractivity contribution in [2.45, 2.75) is 6.42 Å². The van der Waals surface area contributed by atoms with Crippen molar-refractivity contribution in [1.29, 1.82) is 5.26 Å². The van der Waals surface area contributed by atoms with Gasteiger partial charge < -0.3 is 10.1 Å². The molecule has 0 aromatic carbocycles. The van der Waals surface area contributed by atoms with E-state index in [0.29, 0.717) is 13.2 Å². The van der Waals surface area contributed by atoms with Crippen LogP contribution in [0.5, 0.6) is 0 Å². The van der Waals surface area contributed by atoms with Gasteiger partial charge in [0, 0.05) is 27.8 Å². The van der Waals surface area contributed by atoms with Crippen LogP contribution in [0.1, 0.15) is 4.88 Å². The third-order valence-corrected chi connectivity index (χ3v) is 4.38. The largest absolute Gasteiger partial charge is 0.378 e. The lowest BCUT2D eigenvalue weighted by molar-refractivity contribution is -0.0752. The molecule has 86 valence electrons. The van der Waals surface area contributed by atoms with Crippen LogP contribution in [0.25, 0.3) is 0 Å². The van der Waals surface area contributed by atoms with Crippen molar-refractivity contribution in [3.05, 3.63) is 20.8 Å². The summed E-state index contributed by atoms with van der Waals surface area (Å²) in [4.78, 5) is 1.36. The minimum atomic E-state index is -0.268. The van der Waals surface area contributed by atoms with Crippen LogP contribution in [0, 0.1) is 16.7 Å². The van der Waals surface area contributed by atoms with Crippen LogP contribution in [-0.4, -0.2) is 26.3 Å². The highest BCUT2D eigenvalue weighted by Crippen LogP contribution is 2.25. The molecule has 2 rings (SSSR count). The number of hydrogen-bond acceptors (Lipinski definition) is 4. The molecule has 0 aliphatic carbocycles. The average Bonchev–Trinajstić information content (AvgIpc) is 2.62. The first-order valence-corrected chi connectivity index (χ1v) is 6.84. The second-order valence-electron chi connectivity index (χ2n) is 4.04. The maximum absolute atomic E-state index is 8.98. The normalized spacial score (nSPS) is 17.8. The smallest absolute Gasteiger partial charge is 0.116 e. The summed E-state index contributed by atoms with van der Waals surface area (Å²) in [6, 6.07) is 4.46. The Labute approximate surface area is 108 Å². The predicted octanol–water partition coefficient (Wildman–Crippen LogP) is 2.18. The van der Waals surface area contributed by atoms with Gasteiger partial charge in [-0.15, -0.1) is 11.3 Å². The zero-order chi connectivity index (χ0) is 11.4. The number of hydrogen-bond donors (Lipinski definition) is 1. The predicted molar refractivity (Wildman–Crippen MR) is 67.5 cm³/mol. The van der Waals surface area contributed by atoms with Crippen LogP contribution in [0.4, 0.5) is 0 Å². The second-order valence-corrected chi connectivity index (χ2v) is 5.95. The molecule has 2 heterocycles. The van der Waals surface area contributed by atoms with Crippen molar-refractivity contribution in [3.63, 3.8) is 0 Å². The number of rotatable bonds is 5. The molecule has 16 heavy (non-hydrogen) atoms. The van der Waals surface area contributed by atoms with Crippen molar-refractivity contribution in [1.82, 2.24) is 5.32 Å². The van der Waals surface area contributed by atoms with E-state index in [0.717, 1.165) is 24.0 Å². The van der Waals surface area contributed by atoms with E-state index in [1.54, 1.807) is 11.3 Å². The molecule has 0 unspecified atom stereocenters. The first kappa shape index (κ1) is 12.1. The van der Waals surface area contributed by atoms with Crippen molar-refractivity contribution in [2.75, 3.05) is 26.3 Å². The van der Waals surface area contributed by atoms with Crippen molar-refractivity contribution in [2.24, 2.45) is 5.41 Å². The fourth-order valence-corrected chi connectivity index (χ4v) is 3.03. The number of ether oxygens (including phenoxy) is 1. The first-order valence-electron chi connectivity index (χ1n) is 5.17. The maximum Gasteiger partial charge on any atom is 0.116 e. The first-order chi connectivity index (χ1) is 7.74. The van der Waals surface area contributed by atoms with E-state index in [-0.39, 0.29) is 5.41 Å². The van der Waals surface area contributed by atoms with Crippen LogP contribution in [-0.2, 0) is 11.2 Å². The van der Waals surface area contributed by atoms with E-state index in [2.05, 4.69) is 38.8 Å². The molecule has 1 saturated heterocycles. The summed E-state index contributed by atoms with van der Waals surface area (Å²) in [6.07, 6.45) is 1.01. The van der Waals surface area contributed by atoms with Gasteiger partial charge in [-0.3, -0.25) is 0 Å². The van der Waals surface area contributed by atoms with Gasteiger partial charge in [-0.25, -0.2) is 0 Å². The minimum Gasteiger partial charge on any atom is -0.378 e. The van der Waals surface area contributed by atoms with Crippen molar-refractivity contribution in [3.8, 4) is 6.07 Å². The van der Waals surface area contributed by atoms with E-state index in [9.17, 15) is 0 Å². The van der Waals surface area contributed by atoms with Crippen LogP contribution in [0.2, 0.25) is 0 Å². The highest BCUT2D eigenvalue weighted by atomic mass is 79.9. The number of nitrogens with one attached hydrogen (secondary N) is 1. The molecule has 1 aliphatic heterocycles. The average molecular weight is 301 g/mol. The fourth-order valence-electron chi connectivity index (χ4n) is 1.58. The Balaban J connectivity index is 1.67. The lowest BCUT2D eigenvalue weighted by Gasteiger charge is -2.35. The number of nitrogens with zero attached hydrogens (tertiary/aromatic N) is 1. The standard InChI is InChI=1S/C11H13BrN2OS/c12-9-3-10(16-4-9)1-2-14-6-11(5-13)7-15-8-11/h3-4,14H,1-2,6-8H2. The Hall–Kier alpha value is -0.410. The quantitative estimate of drug-likeness (QED) is 0.848. The monoisotopic (exact) mass is 300 g/mol. The Morgan fingerprint density at radius 1 is 1.62 bits per heavy atom. The molecule has 0 bridgehead atoms. The van der Waals surface area contributed by atoms with E-state index >= 15 is 0 Å². The fraction of sp³-hybridized carbons (Fsp3) is 0.545. The van der Waals surface area contributed by atoms with Gasteiger partial charge in [0.05, 0.1) is 19.3 Å².